The smallest absolute Gasteiger partial charge is 0.308 e. The molecule has 0 aliphatic heterocycles. The predicted molar refractivity (Wildman–Crippen MR) is 41.2 cm³/mol. The summed E-state index contributed by atoms with van der Waals surface area (Å²) in [4.78, 5) is 10.8. The molecule has 2 nitrogen and oxygen atoms in total. The largest absolute Gasteiger partial charge is 0.466 e. The average molecular weight is 165 g/mol. The van der Waals surface area contributed by atoms with E-state index in [2.05, 4.69) is 0 Å². The first-order valence-electron chi connectivity index (χ1n) is 3.51. The van der Waals surface area contributed by atoms with Gasteiger partial charge in [0.1, 0.15) is 0 Å². The summed E-state index contributed by atoms with van der Waals surface area (Å²) in [6.45, 7) is 2.37. The molecular weight excluding hydrogens is 152 g/mol. The van der Waals surface area contributed by atoms with Crippen LogP contribution in [0.4, 0.5) is 0 Å². The van der Waals surface area contributed by atoms with Crippen LogP contribution in [0.5, 0.6) is 0 Å². The third-order valence-corrected chi connectivity index (χ3v) is 1.73. The number of hydrogen-bond acceptors (Lipinski definition) is 2. The van der Waals surface area contributed by atoms with E-state index in [1.54, 1.807) is 0 Å². The molecule has 0 atom stereocenters. The molecule has 0 amide bonds. The molecule has 1 fully saturated rings. The maximum Gasteiger partial charge on any atom is 0.308 e. The molecule has 0 radical (unpaired) electrons. The van der Waals surface area contributed by atoms with Gasteiger partial charge in [0.15, 0.2) is 0 Å². The van der Waals surface area contributed by atoms with E-state index in [0.29, 0.717) is 6.61 Å². The summed E-state index contributed by atoms with van der Waals surface area (Å²) in [7, 11) is 0. The Balaban J connectivity index is 0.000000810. The van der Waals surface area contributed by atoms with Gasteiger partial charge in [0.05, 0.1) is 12.5 Å². The van der Waals surface area contributed by atoms with Crippen LogP contribution in [-0.2, 0) is 9.53 Å². The Morgan fingerprint density at radius 2 is 2.20 bits per heavy atom. The highest BCUT2D eigenvalue weighted by atomic mass is 35.5. The molecule has 1 rings (SSSR count). The fourth-order valence-corrected chi connectivity index (χ4v) is 0.904. The van der Waals surface area contributed by atoms with E-state index in [4.69, 9.17) is 4.74 Å². The van der Waals surface area contributed by atoms with Gasteiger partial charge in [-0.05, 0) is 19.8 Å². The van der Waals surface area contributed by atoms with Crippen LogP contribution in [0.1, 0.15) is 26.2 Å². The van der Waals surface area contributed by atoms with Gasteiger partial charge in [0.25, 0.3) is 0 Å². The minimum Gasteiger partial charge on any atom is -0.466 e. The van der Waals surface area contributed by atoms with Crippen molar-refractivity contribution in [1.82, 2.24) is 0 Å². The summed E-state index contributed by atoms with van der Waals surface area (Å²) >= 11 is 0. The van der Waals surface area contributed by atoms with Gasteiger partial charge in [-0.15, -0.1) is 12.4 Å². The van der Waals surface area contributed by atoms with Crippen molar-refractivity contribution in [1.29, 1.82) is 0 Å². The van der Waals surface area contributed by atoms with Crippen LogP contribution >= 0.6 is 12.4 Å². The lowest BCUT2D eigenvalue weighted by Gasteiger charge is -2.22. The van der Waals surface area contributed by atoms with Crippen molar-refractivity contribution < 1.29 is 9.53 Å². The SMILES string of the molecule is CCOC(=O)C1CCC1.Cl. The van der Waals surface area contributed by atoms with Crippen LogP contribution in [0, 0.1) is 5.92 Å². The summed E-state index contributed by atoms with van der Waals surface area (Å²) < 4.78 is 4.81. The Morgan fingerprint density at radius 3 is 2.50 bits per heavy atom. The van der Waals surface area contributed by atoms with E-state index in [1.165, 1.54) is 6.42 Å². The molecule has 0 aromatic rings. The first-order chi connectivity index (χ1) is 4.34. The lowest BCUT2D eigenvalue weighted by molar-refractivity contribution is -0.150. The molecule has 60 valence electrons. The second-order valence-electron chi connectivity index (χ2n) is 2.38. The molecule has 1 aliphatic carbocycles. The fourth-order valence-electron chi connectivity index (χ4n) is 0.904. The molecule has 0 saturated heterocycles. The van der Waals surface area contributed by atoms with Crippen molar-refractivity contribution in [2.24, 2.45) is 5.92 Å². The van der Waals surface area contributed by atoms with Gasteiger partial charge in [-0.25, -0.2) is 0 Å². The zero-order valence-electron chi connectivity index (χ0n) is 6.13. The summed E-state index contributed by atoms with van der Waals surface area (Å²) in [5, 5.41) is 0. The molecule has 0 aromatic carbocycles. The number of rotatable bonds is 2. The maximum atomic E-state index is 10.8. The Kier molecular flexibility index (Phi) is 4.45. The summed E-state index contributed by atoms with van der Waals surface area (Å²) in [6.07, 6.45) is 3.28. The van der Waals surface area contributed by atoms with E-state index in [-0.39, 0.29) is 24.3 Å². The van der Waals surface area contributed by atoms with Crippen molar-refractivity contribution in [2.75, 3.05) is 6.61 Å². The highest BCUT2D eigenvalue weighted by Gasteiger charge is 2.25. The number of hydrogen-bond donors (Lipinski definition) is 0. The van der Waals surface area contributed by atoms with E-state index in [9.17, 15) is 4.79 Å². The van der Waals surface area contributed by atoms with E-state index in [1.807, 2.05) is 6.92 Å². The standard InChI is InChI=1S/C7H12O2.ClH/c1-2-9-7(8)6-4-3-5-6;/h6H,2-5H2,1H3;1H. The van der Waals surface area contributed by atoms with Gasteiger partial charge in [-0.2, -0.15) is 0 Å². The summed E-state index contributed by atoms with van der Waals surface area (Å²) in [5.41, 5.74) is 0. The number of halogens is 1. The monoisotopic (exact) mass is 164 g/mol. The maximum absolute atomic E-state index is 10.8. The molecule has 0 bridgehead atoms. The van der Waals surface area contributed by atoms with Gasteiger partial charge >= 0.3 is 5.97 Å². The highest BCUT2D eigenvalue weighted by molar-refractivity contribution is 5.85. The zero-order valence-corrected chi connectivity index (χ0v) is 6.95. The zero-order chi connectivity index (χ0) is 6.69. The average Bonchev–Trinajstić information content (AvgIpc) is 1.60. The van der Waals surface area contributed by atoms with Gasteiger partial charge < -0.3 is 4.74 Å². The lowest BCUT2D eigenvalue weighted by Crippen LogP contribution is -2.23. The molecule has 1 saturated carbocycles. The van der Waals surface area contributed by atoms with Gasteiger partial charge in [0, 0.05) is 0 Å². The molecule has 3 heteroatoms. The normalized spacial score (nSPS) is 16.9. The van der Waals surface area contributed by atoms with E-state index < -0.39 is 0 Å². The molecule has 0 spiro atoms. The van der Waals surface area contributed by atoms with Crippen LogP contribution in [0.2, 0.25) is 0 Å². The molecule has 10 heavy (non-hydrogen) atoms. The minimum absolute atomic E-state index is 0. The molecule has 0 heterocycles. The topological polar surface area (TPSA) is 26.3 Å². The van der Waals surface area contributed by atoms with Crippen molar-refractivity contribution in [2.45, 2.75) is 26.2 Å². The fraction of sp³-hybridized carbons (Fsp3) is 0.857. The number of carbonyl (C=O) groups excluding carboxylic acids is 1. The Morgan fingerprint density at radius 1 is 1.60 bits per heavy atom. The summed E-state index contributed by atoms with van der Waals surface area (Å²) in [5.74, 6) is 0.244. The minimum atomic E-state index is 0. The van der Waals surface area contributed by atoms with Gasteiger partial charge in [0.2, 0.25) is 0 Å². The third-order valence-electron chi connectivity index (χ3n) is 1.73. The number of ether oxygens (including phenoxy) is 1. The molecule has 0 N–H and O–H groups in total. The highest BCUT2D eigenvalue weighted by Crippen LogP contribution is 2.27. The van der Waals surface area contributed by atoms with Crippen LogP contribution in [0.25, 0.3) is 0 Å². The quantitative estimate of drug-likeness (QED) is 0.582. The van der Waals surface area contributed by atoms with Gasteiger partial charge in [-0.1, -0.05) is 6.42 Å². The van der Waals surface area contributed by atoms with Crippen molar-refractivity contribution >= 4 is 18.4 Å². The first kappa shape index (κ1) is 9.76. The third kappa shape index (κ3) is 2.18. The number of esters is 1. The van der Waals surface area contributed by atoms with Crippen molar-refractivity contribution in [3.8, 4) is 0 Å². The molecule has 0 unspecified atom stereocenters. The van der Waals surface area contributed by atoms with Crippen LogP contribution < -0.4 is 0 Å². The predicted octanol–water partition coefficient (Wildman–Crippen LogP) is 1.77. The second-order valence-corrected chi connectivity index (χ2v) is 2.38. The Hall–Kier alpha value is -0.240. The lowest BCUT2D eigenvalue weighted by atomic mass is 9.86. The Bertz CT molecular complexity index is 110. The van der Waals surface area contributed by atoms with Crippen LogP contribution in [-0.4, -0.2) is 12.6 Å². The van der Waals surface area contributed by atoms with Gasteiger partial charge in [-0.3, -0.25) is 4.79 Å². The number of carbonyl (C=O) groups is 1. The molecule has 1 aliphatic rings. The Labute approximate surface area is 67.4 Å². The second kappa shape index (κ2) is 4.56. The van der Waals surface area contributed by atoms with Crippen molar-refractivity contribution in [3.05, 3.63) is 0 Å². The molecular formula is C7H13ClO2. The molecule has 0 aromatic heterocycles. The van der Waals surface area contributed by atoms with E-state index >= 15 is 0 Å². The van der Waals surface area contributed by atoms with Crippen LogP contribution in [0.3, 0.4) is 0 Å². The summed E-state index contributed by atoms with van der Waals surface area (Å²) in [6, 6.07) is 0. The first-order valence-corrected chi connectivity index (χ1v) is 3.51. The van der Waals surface area contributed by atoms with E-state index in [0.717, 1.165) is 12.8 Å². The van der Waals surface area contributed by atoms with Crippen molar-refractivity contribution in [3.63, 3.8) is 0 Å². The van der Waals surface area contributed by atoms with Crippen LogP contribution in [0.15, 0.2) is 0 Å².